The molecule has 0 aliphatic rings. The summed E-state index contributed by atoms with van der Waals surface area (Å²) in [6.07, 6.45) is 1.47. The predicted molar refractivity (Wildman–Crippen MR) is 66.1 cm³/mol. The largest absolute Gasteiger partial charge is 0.328 e. The van der Waals surface area contributed by atoms with Gasteiger partial charge in [0.2, 0.25) is 10.0 Å². The lowest BCUT2D eigenvalue weighted by Gasteiger charge is -2.10. The number of nitrogens with one attached hydrogen (secondary N) is 2. The summed E-state index contributed by atoms with van der Waals surface area (Å²) < 4.78 is 26.5. The number of aromatic amines is 1. The molecule has 17 heavy (non-hydrogen) atoms. The van der Waals surface area contributed by atoms with Crippen LogP contribution in [0, 0.1) is 13.8 Å². The fourth-order valence-corrected chi connectivity index (χ4v) is 3.01. The van der Waals surface area contributed by atoms with E-state index in [4.69, 9.17) is 5.73 Å². The molecule has 6 nitrogen and oxygen atoms in total. The van der Waals surface area contributed by atoms with Crippen molar-refractivity contribution in [2.45, 2.75) is 44.6 Å². The van der Waals surface area contributed by atoms with Crippen LogP contribution in [-0.2, 0) is 10.0 Å². The fraction of sp³-hybridized carbons (Fsp3) is 0.700. The molecule has 0 amide bonds. The number of hydrogen-bond acceptors (Lipinski definition) is 4. The number of aromatic nitrogens is 2. The van der Waals surface area contributed by atoms with Gasteiger partial charge in [-0.25, -0.2) is 13.1 Å². The maximum Gasteiger partial charge on any atom is 0.244 e. The van der Waals surface area contributed by atoms with Gasteiger partial charge in [-0.1, -0.05) is 6.92 Å². The number of H-pyrrole nitrogens is 1. The van der Waals surface area contributed by atoms with Crippen molar-refractivity contribution in [2.24, 2.45) is 5.73 Å². The summed E-state index contributed by atoms with van der Waals surface area (Å²) in [7, 11) is -3.48. The minimum absolute atomic E-state index is 0.0317. The van der Waals surface area contributed by atoms with Gasteiger partial charge in [0, 0.05) is 12.6 Å². The fourth-order valence-electron chi connectivity index (χ4n) is 1.59. The highest BCUT2D eigenvalue weighted by Gasteiger charge is 2.21. The first-order chi connectivity index (χ1) is 7.88. The lowest BCUT2D eigenvalue weighted by atomic mass is 10.2. The molecule has 0 aliphatic carbocycles. The molecule has 1 rings (SSSR count). The van der Waals surface area contributed by atoms with Crippen LogP contribution in [0.5, 0.6) is 0 Å². The van der Waals surface area contributed by atoms with E-state index in [1.165, 1.54) is 0 Å². The van der Waals surface area contributed by atoms with Gasteiger partial charge >= 0.3 is 0 Å². The van der Waals surface area contributed by atoms with Gasteiger partial charge in [0.25, 0.3) is 0 Å². The Hall–Kier alpha value is -0.920. The standard InChI is InChI=1S/C10H20N4O2S/c1-4-9(11)5-6-12-17(15,16)10-7(2)13-14-8(10)3/h9,12H,4-6,11H2,1-3H3,(H,13,14). The molecule has 7 heteroatoms. The summed E-state index contributed by atoms with van der Waals surface area (Å²) in [4.78, 5) is 0.238. The summed E-state index contributed by atoms with van der Waals surface area (Å²) in [6, 6.07) is 0.0317. The Kier molecular flexibility index (Phi) is 4.67. The molecule has 4 N–H and O–H groups in total. The minimum Gasteiger partial charge on any atom is -0.328 e. The molecule has 0 saturated heterocycles. The monoisotopic (exact) mass is 260 g/mol. The second kappa shape index (κ2) is 5.61. The molecule has 1 atom stereocenters. The molecule has 0 spiro atoms. The van der Waals surface area contributed by atoms with E-state index in [9.17, 15) is 8.42 Å². The Morgan fingerprint density at radius 2 is 2.12 bits per heavy atom. The van der Waals surface area contributed by atoms with Crippen molar-refractivity contribution in [3.63, 3.8) is 0 Å². The lowest BCUT2D eigenvalue weighted by Crippen LogP contribution is -2.30. The molecule has 1 unspecified atom stereocenters. The number of nitrogens with zero attached hydrogens (tertiary/aromatic N) is 1. The van der Waals surface area contributed by atoms with Gasteiger partial charge in [-0.05, 0) is 26.7 Å². The third kappa shape index (κ3) is 3.52. The number of sulfonamides is 1. The van der Waals surface area contributed by atoms with Crippen molar-refractivity contribution in [2.75, 3.05) is 6.54 Å². The highest BCUT2D eigenvalue weighted by Crippen LogP contribution is 2.15. The third-order valence-corrected chi connectivity index (χ3v) is 4.38. The number of nitrogens with two attached hydrogens (primary N) is 1. The van der Waals surface area contributed by atoms with E-state index in [-0.39, 0.29) is 10.9 Å². The van der Waals surface area contributed by atoms with Crippen molar-refractivity contribution in [1.29, 1.82) is 0 Å². The summed E-state index contributed by atoms with van der Waals surface area (Å²) in [5.41, 5.74) is 6.76. The molecule has 0 aliphatic heterocycles. The van der Waals surface area contributed by atoms with Gasteiger partial charge in [-0.15, -0.1) is 0 Å². The first-order valence-electron chi connectivity index (χ1n) is 5.65. The summed E-state index contributed by atoms with van der Waals surface area (Å²) >= 11 is 0. The maximum absolute atomic E-state index is 12.0. The predicted octanol–water partition coefficient (Wildman–Crippen LogP) is 0.432. The summed E-state index contributed by atoms with van der Waals surface area (Å²) in [5.74, 6) is 0. The van der Waals surface area contributed by atoms with Crippen molar-refractivity contribution < 1.29 is 8.42 Å². The zero-order chi connectivity index (χ0) is 13.1. The van der Waals surface area contributed by atoms with Gasteiger partial charge in [-0.3, -0.25) is 5.10 Å². The van der Waals surface area contributed by atoms with Crippen molar-refractivity contribution in [1.82, 2.24) is 14.9 Å². The van der Waals surface area contributed by atoms with Crippen molar-refractivity contribution in [3.8, 4) is 0 Å². The highest BCUT2D eigenvalue weighted by atomic mass is 32.2. The molecular formula is C10H20N4O2S. The number of aryl methyl sites for hydroxylation is 2. The quantitative estimate of drug-likeness (QED) is 0.690. The Bertz CT molecular complexity index is 447. The van der Waals surface area contributed by atoms with Crippen LogP contribution >= 0.6 is 0 Å². The van der Waals surface area contributed by atoms with Gasteiger partial charge in [0.1, 0.15) is 4.90 Å². The van der Waals surface area contributed by atoms with Crippen LogP contribution in [-0.4, -0.2) is 31.2 Å². The van der Waals surface area contributed by atoms with Crippen LogP contribution in [0.3, 0.4) is 0 Å². The van der Waals surface area contributed by atoms with E-state index in [0.717, 1.165) is 6.42 Å². The van der Waals surface area contributed by atoms with E-state index < -0.39 is 10.0 Å². The normalized spacial score (nSPS) is 13.9. The van der Waals surface area contributed by atoms with Gasteiger partial charge in [-0.2, -0.15) is 5.10 Å². The topological polar surface area (TPSA) is 101 Å². The number of hydrogen-bond donors (Lipinski definition) is 3. The summed E-state index contributed by atoms with van der Waals surface area (Å²) in [6.45, 7) is 5.67. The Labute approximate surface area is 102 Å². The maximum atomic E-state index is 12.0. The smallest absolute Gasteiger partial charge is 0.244 e. The molecule has 98 valence electrons. The molecule has 0 fully saturated rings. The Balaban J connectivity index is 2.70. The molecule has 1 heterocycles. The average Bonchev–Trinajstić information content (AvgIpc) is 2.58. The zero-order valence-corrected chi connectivity index (χ0v) is 11.3. The molecule has 1 aromatic rings. The first-order valence-corrected chi connectivity index (χ1v) is 7.13. The minimum atomic E-state index is -3.48. The van der Waals surface area contributed by atoms with Gasteiger partial charge < -0.3 is 5.73 Å². The van der Waals surface area contributed by atoms with E-state index >= 15 is 0 Å². The van der Waals surface area contributed by atoms with Crippen molar-refractivity contribution in [3.05, 3.63) is 11.4 Å². The van der Waals surface area contributed by atoms with E-state index in [2.05, 4.69) is 14.9 Å². The highest BCUT2D eigenvalue weighted by molar-refractivity contribution is 7.89. The van der Waals surface area contributed by atoms with E-state index in [1.54, 1.807) is 13.8 Å². The van der Waals surface area contributed by atoms with Crippen LogP contribution in [0.15, 0.2) is 4.90 Å². The van der Waals surface area contributed by atoms with Crippen molar-refractivity contribution >= 4 is 10.0 Å². The van der Waals surface area contributed by atoms with Crippen LogP contribution in [0.1, 0.15) is 31.2 Å². The molecular weight excluding hydrogens is 240 g/mol. The SMILES string of the molecule is CCC(N)CCNS(=O)(=O)c1c(C)n[nH]c1C. The molecule has 0 bridgehead atoms. The van der Waals surface area contributed by atoms with Gasteiger partial charge in [0.05, 0.1) is 11.4 Å². The Morgan fingerprint density at radius 3 is 2.59 bits per heavy atom. The van der Waals surface area contributed by atoms with Crippen LogP contribution in [0.25, 0.3) is 0 Å². The molecule has 0 saturated carbocycles. The van der Waals surface area contributed by atoms with Crippen LogP contribution in [0.2, 0.25) is 0 Å². The number of rotatable bonds is 6. The second-order valence-corrected chi connectivity index (χ2v) is 5.82. The third-order valence-electron chi connectivity index (χ3n) is 2.66. The molecule has 1 aromatic heterocycles. The van der Waals surface area contributed by atoms with E-state index in [0.29, 0.717) is 24.4 Å². The lowest BCUT2D eigenvalue weighted by molar-refractivity contribution is 0.557. The van der Waals surface area contributed by atoms with Crippen LogP contribution in [0.4, 0.5) is 0 Å². The van der Waals surface area contributed by atoms with Gasteiger partial charge in [0.15, 0.2) is 0 Å². The average molecular weight is 260 g/mol. The van der Waals surface area contributed by atoms with Crippen LogP contribution < -0.4 is 10.5 Å². The zero-order valence-electron chi connectivity index (χ0n) is 10.4. The first kappa shape index (κ1) is 14.1. The summed E-state index contributed by atoms with van der Waals surface area (Å²) in [5, 5.41) is 6.53. The van der Waals surface area contributed by atoms with E-state index in [1.807, 2.05) is 6.92 Å². The Morgan fingerprint density at radius 1 is 1.47 bits per heavy atom. The molecule has 0 radical (unpaired) electrons. The molecule has 0 aromatic carbocycles. The second-order valence-electron chi connectivity index (χ2n) is 4.12.